The van der Waals surface area contributed by atoms with Crippen molar-refractivity contribution in [3.05, 3.63) is 30.1 Å². The highest BCUT2D eigenvalue weighted by molar-refractivity contribution is 6.34. The van der Waals surface area contributed by atoms with Gasteiger partial charge in [-0.2, -0.15) is 0 Å². The molecule has 0 aliphatic carbocycles. The first-order chi connectivity index (χ1) is 6.61. The summed E-state index contributed by atoms with van der Waals surface area (Å²) in [5.74, 6) is -1.67. The summed E-state index contributed by atoms with van der Waals surface area (Å²) in [7, 11) is 1.50. The number of amides is 2. The molecule has 14 heavy (non-hydrogen) atoms. The second kappa shape index (κ2) is 4.36. The first kappa shape index (κ1) is 10.2. The van der Waals surface area contributed by atoms with Gasteiger partial charge in [-0.05, 0) is 12.1 Å². The van der Waals surface area contributed by atoms with Crippen molar-refractivity contribution in [1.29, 1.82) is 0 Å². The van der Waals surface area contributed by atoms with Crippen molar-refractivity contribution in [1.82, 2.24) is 9.88 Å². The second-order valence-electron chi connectivity index (χ2n) is 2.85. The van der Waals surface area contributed by atoms with Gasteiger partial charge in [-0.1, -0.05) is 6.07 Å². The SMILES string of the molecule is CN(Cc1ccccn1)C(=O)C(N)=O. The fourth-order valence-corrected chi connectivity index (χ4v) is 0.995. The molecule has 0 radical (unpaired) electrons. The Balaban J connectivity index is 2.62. The first-order valence-electron chi connectivity index (χ1n) is 4.06. The molecule has 0 aliphatic rings. The van der Waals surface area contributed by atoms with E-state index in [1.807, 2.05) is 6.07 Å². The third-order valence-electron chi connectivity index (χ3n) is 1.68. The smallest absolute Gasteiger partial charge is 0.311 e. The topological polar surface area (TPSA) is 76.3 Å². The number of primary amides is 1. The van der Waals surface area contributed by atoms with Gasteiger partial charge in [-0.3, -0.25) is 14.6 Å². The van der Waals surface area contributed by atoms with Crippen LogP contribution in [0.2, 0.25) is 0 Å². The van der Waals surface area contributed by atoms with Crippen LogP contribution in [0.3, 0.4) is 0 Å². The predicted octanol–water partition coefficient (Wildman–Crippen LogP) is -0.475. The molecule has 74 valence electrons. The van der Waals surface area contributed by atoms with Crippen LogP contribution in [-0.4, -0.2) is 28.7 Å². The Labute approximate surface area is 81.5 Å². The molecule has 0 fully saturated rings. The minimum absolute atomic E-state index is 0.280. The molecule has 1 aromatic rings. The van der Waals surface area contributed by atoms with Crippen LogP contribution in [0, 0.1) is 0 Å². The molecule has 0 atom stereocenters. The van der Waals surface area contributed by atoms with Crippen molar-refractivity contribution in [3.63, 3.8) is 0 Å². The Morgan fingerprint density at radius 3 is 2.71 bits per heavy atom. The van der Waals surface area contributed by atoms with Crippen LogP contribution >= 0.6 is 0 Å². The number of nitrogens with zero attached hydrogens (tertiary/aromatic N) is 2. The van der Waals surface area contributed by atoms with Crippen molar-refractivity contribution in [3.8, 4) is 0 Å². The summed E-state index contributed by atoms with van der Waals surface area (Å²) in [6.07, 6.45) is 1.62. The summed E-state index contributed by atoms with van der Waals surface area (Å²) in [5.41, 5.74) is 5.55. The zero-order valence-electron chi connectivity index (χ0n) is 7.80. The fraction of sp³-hybridized carbons (Fsp3) is 0.222. The van der Waals surface area contributed by atoms with Gasteiger partial charge in [0, 0.05) is 13.2 Å². The minimum Gasteiger partial charge on any atom is -0.361 e. The highest BCUT2D eigenvalue weighted by Gasteiger charge is 2.14. The lowest BCUT2D eigenvalue weighted by Crippen LogP contribution is -2.37. The average Bonchev–Trinajstić information content (AvgIpc) is 2.18. The van der Waals surface area contributed by atoms with Crippen LogP contribution in [0.1, 0.15) is 5.69 Å². The quantitative estimate of drug-likeness (QED) is 0.645. The van der Waals surface area contributed by atoms with E-state index in [-0.39, 0.29) is 6.54 Å². The van der Waals surface area contributed by atoms with Gasteiger partial charge in [0.15, 0.2) is 0 Å². The Morgan fingerprint density at radius 1 is 1.50 bits per heavy atom. The maximum atomic E-state index is 11.1. The van der Waals surface area contributed by atoms with Gasteiger partial charge in [-0.15, -0.1) is 0 Å². The van der Waals surface area contributed by atoms with E-state index in [0.29, 0.717) is 5.69 Å². The van der Waals surface area contributed by atoms with Crippen LogP contribution in [-0.2, 0) is 16.1 Å². The number of rotatable bonds is 2. The largest absolute Gasteiger partial charge is 0.361 e. The number of hydrogen-bond acceptors (Lipinski definition) is 3. The maximum absolute atomic E-state index is 11.1. The van der Waals surface area contributed by atoms with Crippen molar-refractivity contribution in [2.75, 3.05) is 7.05 Å². The van der Waals surface area contributed by atoms with Gasteiger partial charge in [0.2, 0.25) is 0 Å². The molecule has 0 saturated carbocycles. The van der Waals surface area contributed by atoms with E-state index in [1.54, 1.807) is 18.3 Å². The molecule has 2 amide bonds. The molecule has 0 bridgehead atoms. The van der Waals surface area contributed by atoms with Gasteiger partial charge >= 0.3 is 11.8 Å². The summed E-state index contributed by atoms with van der Waals surface area (Å²) >= 11 is 0. The van der Waals surface area contributed by atoms with Crippen molar-refractivity contribution in [2.24, 2.45) is 5.73 Å². The molecule has 0 aromatic carbocycles. The highest BCUT2D eigenvalue weighted by atomic mass is 16.2. The second-order valence-corrected chi connectivity index (χ2v) is 2.85. The number of likely N-dealkylation sites (N-methyl/N-ethyl adjacent to an activating group) is 1. The van der Waals surface area contributed by atoms with Crippen LogP contribution in [0.15, 0.2) is 24.4 Å². The van der Waals surface area contributed by atoms with Crippen LogP contribution in [0.5, 0.6) is 0 Å². The predicted molar refractivity (Wildman–Crippen MR) is 49.9 cm³/mol. The van der Waals surface area contributed by atoms with E-state index in [1.165, 1.54) is 11.9 Å². The number of carbonyl (C=O) groups excluding carboxylic acids is 2. The zero-order valence-corrected chi connectivity index (χ0v) is 7.80. The number of carbonyl (C=O) groups is 2. The molecule has 1 aromatic heterocycles. The van der Waals surface area contributed by atoms with Gasteiger partial charge in [-0.25, -0.2) is 0 Å². The molecule has 0 saturated heterocycles. The van der Waals surface area contributed by atoms with Gasteiger partial charge in [0.25, 0.3) is 0 Å². The van der Waals surface area contributed by atoms with E-state index in [2.05, 4.69) is 4.98 Å². The van der Waals surface area contributed by atoms with Gasteiger partial charge in [0.05, 0.1) is 12.2 Å². The van der Waals surface area contributed by atoms with Crippen LogP contribution in [0.25, 0.3) is 0 Å². The normalized spacial score (nSPS) is 9.50. The molecule has 5 heteroatoms. The summed E-state index contributed by atoms with van der Waals surface area (Å²) in [4.78, 5) is 26.9. The number of pyridine rings is 1. The Bertz CT molecular complexity index is 337. The maximum Gasteiger partial charge on any atom is 0.311 e. The molecule has 0 unspecified atom stereocenters. The van der Waals surface area contributed by atoms with Crippen molar-refractivity contribution in [2.45, 2.75) is 6.54 Å². The monoisotopic (exact) mass is 193 g/mol. The highest BCUT2D eigenvalue weighted by Crippen LogP contribution is 1.98. The third-order valence-corrected chi connectivity index (χ3v) is 1.68. The van der Waals surface area contributed by atoms with E-state index < -0.39 is 11.8 Å². The molecule has 0 spiro atoms. The number of hydrogen-bond donors (Lipinski definition) is 1. The zero-order chi connectivity index (χ0) is 10.6. The fourth-order valence-electron chi connectivity index (χ4n) is 0.995. The molecular formula is C9H11N3O2. The number of aromatic nitrogens is 1. The lowest BCUT2D eigenvalue weighted by molar-refractivity contribution is -0.143. The average molecular weight is 193 g/mol. The third kappa shape index (κ3) is 2.55. The van der Waals surface area contributed by atoms with E-state index >= 15 is 0 Å². The van der Waals surface area contributed by atoms with E-state index in [9.17, 15) is 9.59 Å². The summed E-state index contributed by atoms with van der Waals surface area (Å²) in [5, 5.41) is 0. The Kier molecular flexibility index (Phi) is 3.17. The van der Waals surface area contributed by atoms with E-state index in [4.69, 9.17) is 5.73 Å². The van der Waals surface area contributed by atoms with E-state index in [0.717, 1.165) is 0 Å². The molecular weight excluding hydrogens is 182 g/mol. The van der Waals surface area contributed by atoms with Gasteiger partial charge in [0.1, 0.15) is 0 Å². The molecule has 2 N–H and O–H groups in total. The summed E-state index contributed by atoms with van der Waals surface area (Å²) in [6, 6.07) is 5.36. The van der Waals surface area contributed by atoms with Crippen molar-refractivity contribution >= 4 is 11.8 Å². The standard InChI is InChI=1S/C9H11N3O2/c1-12(9(14)8(10)13)6-7-4-2-3-5-11-7/h2-5H,6H2,1H3,(H2,10,13). The Morgan fingerprint density at radius 2 is 2.21 bits per heavy atom. The van der Waals surface area contributed by atoms with Gasteiger partial charge < -0.3 is 10.6 Å². The molecule has 1 heterocycles. The molecule has 1 rings (SSSR count). The van der Waals surface area contributed by atoms with Crippen molar-refractivity contribution < 1.29 is 9.59 Å². The summed E-state index contributed by atoms with van der Waals surface area (Å²) < 4.78 is 0. The molecule has 0 aliphatic heterocycles. The Hall–Kier alpha value is -1.91. The van der Waals surface area contributed by atoms with Crippen LogP contribution < -0.4 is 5.73 Å². The minimum atomic E-state index is -0.955. The lowest BCUT2D eigenvalue weighted by Gasteiger charge is -2.13. The lowest BCUT2D eigenvalue weighted by atomic mass is 10.3. The number of nitrogens with two attached hydrogens (primary N) is 1. The summed E-state index contributed by atoms with van der Waals surface area (Å²) in [6.45, 7) is 0.280. The molecule has 5 nitrogen and oxygen atoms in total. The first-order valence-corrected chi connectivity index (χ1v) is 4.06. The van der Waals surface area contributed by atoms with Crippen LogP contribution in [0.4, 0.5) is 0 Å².